The zero-order valence-corrected chi connectivity index (χ0v) is 8.44. The molecule has 0 aromatic rings. The quantitative estimate of drug-likeness (QED) is 0.639. The van der Waals surface area contributed by atoms with Crippen LogP contribution in [0.5, 0.6) is 0 Å². The molecule has 2 nitrogen and oxygen atoms in total. The van der Waals surface area contributed by atoms with E-state index in [1.807, 2.05) is 6.92 Å². The zero-order valence-electron chi connectivity index (χ0n) is 7.69. The minimum Gasteiger partial charge on any atom is -0.290 e. The molecule has 0 amide bonds. The molecule has 0 atom stereocenters. The van der Waals surface area contributed by atoms with Gasteiger partial charge in [-0.1, -0.05) is 24.9 Å². The minimum atomic E-state index is -0.194. The van der Waals surface area contributed by atoms with Crippen LogP contribution >= 0.6 is 11.6 Å². The van der Waals surface area contributed by atoms with Crippen molar-refractivity contribution in [1.82, 2.24) is 0 Å². The zero-order chi connectivity index (χ0) is 10.0. The Morgan fingerprint density at radius 3 is 2.54 bits per heavy atom. The van der Waals surface area contributed by atoms with Gasteiger partial charge < -0.3 is 0 Å². The lowest BCUT2D eigenvalue weighted by atomic mass is 9.95. The van der Waals surface area contributed by atoms with Crippen LogP contribution in [0.2, 0.25) is 0 Å². The second-order valence-electron chi connectivity index (χ2n) is 3.05. The van der Waals surface area contributed by atoms with Crippen molar-refractivity contribution >= 4 is 23.2 Å². The second kappa shape index (κ2) is 3.88. The lowest BCUT2D eigenvalue weighted by Gasteiger charge is -2.11. The van der Waals surface area contributed by atoms with E-state index in [0.717, 1.165) is 6.42 Å². The molecule has 0 N–H and O–H groups in total. The van der Waals surface area contributed by atoms with Gasteiger partial charge in [-0.15, -0.1) is 0 Å². The van der Waals surface area contributed by atoms with Crippen molar-refractivity contribution in [2.24, 2.45) is 0 Å². The first-order valence-corrected chi connectivity index (χ1v) is 4.61. The van der Waals surface area contributed by atoms with Crippen molar-refractivity contribution < 1.29 is 9.59 Å². The molecule has 1 aliphatic carbocycles. The molecule has 70 valence electrons. The van der Waals surface area contributed by atoms with Gasteiger partial charge in [0.05, 0.1) is 5.03 Å². The van der Waals surface area contributed by atoms with Crippen LogP contribution in [-0.2, 0) is 9.59 Å². The van der Waals surface area contributed by atoms with Gasteiger partial charge in [-0.05, 0) is 19.4 Å². The summed E-state index contributed by atoms with van der Waals surface area (Å²) in [6.45, 7) is 3.53. The van der Waals surface area contributed by atoms with E-state index in [1.54, 1.807) is 6.92 Å². The van der Waals surface area contributed by atoms with E-state index in [0.29, 0.717) is 17.6 Å². The molecule has 0 heterocycles. The molecule has 0 saturated carbocycles. The topological polar surface area (TPSA) is 34.1 Å². The number of Topliss-reactive ketones (excluding diaryl/α,β-unsaturated/α-hetero) is 1. The normalized spacial score (nSPS) is 17.9. The molecule has 0 aromatic carbocycles. The van der Waals surface area contributed by atoms with Crippen LogP contribution in [0.3, 0.4) is 0 Å². The van der Waals surface area contributed by atoms with Gasteiger partial charge >= 0.3 is 0 Å². The van der Waals surface area contributed by atoms with Gasteiger partial charge in [-0.2, -0.15) is 0 Å². The third kappa shape index (κ3) is 1.89. The minimum absolute atomic E-state index is 0.0796. The predicted molar refractivity (Wildman–Crippen MR) is 51.6 cm³/mol. The monoisotopic (exact) mass is 198 g/mol. The summed E-state index contributed by atoms with van der Waals surface area (Å²) in [6, 6.07) is 0. The summed E-state index contributed by atoms with van der Waals surface area (Å²) < 4.78 is 0. The highest BCUT2D eigenvalue weighted by Gasteiger charge is 2.23. The number of carbonyl (C=O) groups excluding carboxylic acids is 2. The van der Waals surface area contributed by atoms with Crippen molar-refractivity contribution in [3.05, 3.63) is 22.3 Å². The van der Waals surface area contributed by atoms with Gasteiger partial charge in [-0.25, -0.2) is 0 Å². The fourth-order valence-corrected chi connectivity index (χ4v) is 1.42. The molecule has 0 aliphatic heterocycles. The largest absolute Gasteiger partial charge is 0.290 e. The van der Waals surface area contributed by atoms with Crippen LogP contribution in [0.25, 0.3) is 0 Å². The maximum atomic E-state index is 11.5. The van der Waals surface area contributed by atoms with Gasteiger partial charge in [0, 0.05) is 11.1 Å². The average molecular weight is 199 g/mol. The van der Waals surface area contributed by atoms with Crippen molar-refractivity contribution in [2.45, 2.75) is 26.7 Å². The van der Waals surface area contributed by atoms with Crippen molar-refractivity contribution in [2.75, 3.05) is 0 Å². The third-order valence-electron chi connectivity index (χ3n) is 2.01. The number of hydrogen-bond acceptors (Lipinski definition) is 2. The van der Waals surface area contributed by atoms with Crippen molar-refractivity contribution in [1.29, 1.82) is 0 Å². The van der Waals surface area contributed by atoms with Gasteiger partial charge in [-0.3, -0.25) is 9.59 Å². The molecule has 0 fully saturated rings. The average Bonchev–Trinajstić information content (AvgIpc) is 2.11. The number of allylic oxidation sites excluding steroid dienone is 4. The maximum Gasteiger partial charge on any atom is 0.200 e. The van der Waals surface area contributed by atoms with E-state index in [-0.39, 0.29) is 16.6 Å². The summed E-state index contributed by atoms with van der Waals surface area (Å²) in [4.78, 5) is 22.7. The Bertz CT molecular complexity index is 324. The lowest BCUT2D eigenvalue weighted by Crippen LogP contribution is -2.15. The first-order valence-electron chi connectivity index (χ1n) is 4.24. The molecular weight excluding hydrogens is 188 g/mol. The highest BCUT2D eigenvalue weighted by Crippen LogP contribution is 2.24. The number of hydrogen-bond donors (Lipinski definition) is 0. The van der Waals surface area contributed by atoms with Crippen LogP contribution in [0, 0.1) is 0 Å². The molecule has 0 bridgehead atoms. The molecule has 1 rings (SSSR count). The molecule has 13 heavy (non-hydrogen) atoms. The Labute approximate surface area is 82.3 Å². The SMILES string of the molecule is CCCC1=CC(=O)C(C)=C(Cl)C1=O. The maximum absolute atomic E-state index is 11.5. The summed E-state index contributed by atoms with van der Waals surface area (Å²) >= 11 is 5.71. The van der Waals surface area contributed by atoms with Gasteiger partial charge in [0.25, 0.3) is 0 Å². The number of ketones is 2. The highest BCUT2D eigenvalue weighted by atomic mass is 35.5. The molecular formula is C10H11ClO2. The van der Waals surface area contributed by atoms with Crippen LogP contribution in [0.15, 0.2) is 22.3 Å². The van der Waals surface area contributed by atoms with E-state index < -0.39 is 0 Å². The van der Waals surface area contributed by atoms with Crippen molar-refractivity contribution in [3.63, 3.8) is 0 Å². The summed E-state index contributed by atoms with van der Waals surface area (Å²) in [5, 5.41) is 0.0796. The number of rotatable bonds is 2. The number of carbonyl (C=O) groups is 2. The summed E-state index contributed by atoms with van der Waals surface area (Å²) in [5.41, 5.74) is 0.884. The lowest BCUT2D eigenvalue weighted by molar-refractivity contribution is -0.115. The molecule has 1 aliphatic rings. The Morgan fingerprint density at radius 1 is 1.38 bits per heavy atom. The van der Waals surface area contributed by atoms with Gasteiger partial charge in [0.2, 0.25) is 5.78 Å². The van der Waals surface area contributed by atoms with Crippen LogP contribution in [0.4, 0.5) is 0 Å². The van der Waals surface area contributed by atoms with E-state index >= 15 is 0 Å². The van der Waals surface area contributed by atoms with Crippen LogP contribution in [0.1, 0.15) is 26.7 Å². The fraction of sp³-hybridized carbons (Fsp3) is 0.400. The first kappa shape index (κ1) is 10.2. The molecule has 0 unspecified atom stereocenters. The van der Waals surface area contributed by atoms with Gasteiger partial charge in [0.15, 0.2) is 5.78 Å². The van der Waals surface area contributed by atoms with Gasteiger partial charge in [0.1, 0.15) is 0 Å². The van der Waals surface area contributed by atoms with Crippen LogP contribution < -0.4 is 0 Å². The second-order valence-corrected chi connectivity index (χ2v) is 3.43. The molecule has 3 heteroatoms. The van der Waals surface area contributed by atoms with E-state index in [9.17, 15) is 9.59 Å². The summed E-state index contributed by atoms with van der Waals surface area (Å²) in [5.74, 6) is -0.339. The summed E-state index contributed by atoms with van der Waals surface area (Å²) in [6.07, 6.45) is 2.86. The first-order chi connectivity index (χ1) is 6.07. The molecule has 0 radical (unpaired) electrons. The standard InChI is InChI=1S/C10H11ClO2/c1-3-4-7-5-8(12)6(2)9(11)10(7)13/h5H,3-4H2,1-2H3. The highest BCUT2D eigenvalue weighted by molar-refractivity contribution is 6.48. The molecule has 0 spiro atoms. The number of halogens is 1. The Morgan fingerprint density at radius 2 is 2.00 bits per heavy atom. The third-order valence-corrected chi connectivity index (χ3v) is 2.47. The van der Waals surface area contributed by atoms with E-state index in [2.05, 4.69) is 0 Å². The smallest absolute Gasteiger partial charge is 0.200 e. The fourth-order valence-electron chi connectivity index (χ4n) is 1.21. The van der Waals surface area contributed by atoms with E-state index in [4.69, 9.17) is 11.6 Å². The molecule has 0 aromatic heterocycles. The summed E-state index contributed by atoms with van der Waals surface area (Å²) in [7, 11) is 0. The van der Waals surface area contributed by atoms with Crippen molar-refractivity contribution in [3.8, 4) is 0 Å². The Hall–Kier alpha value is -0.890. The Balaban J connectivity index is 3.01. The van der Waals surface area contributed by atoms with Crippen LogP contribution in [-0.4, -0.2) is 11.6 Å². The predicted octanol–water partition coefficient (Wildman–Crippen LogP) is 2.38. The van der Waals surface area contributed by atoms with E-state index in [1.165, 1.54) is 6.08 Å². The Kier molecular flexibility index (Phi) is 3.04. The molecule has 0 saturated heterocycles.